The van der Waals surface area contributed by atoms with Crippen LogP contribution in [0.15, 0.2) is 4.52 Å². The van der Waals surface area contributed by atoms with E-state index in [-0.39, 0.29) is 36.0 Å². The Morgan fingerprint density at radius 3 is 2.48 bits per heavy atom. The highest BCUT2D eigenvalue weighted by Gasteiger charge is 2.47. The van der Waals surface area contributed by atoms with Crippen LogP contribution in [-0.4, -0.2) is 96.5 Å². The summed E-state index contributed by atoms with van der Waals surface area (Å²) in [6.45, 7) is 3.98. The van der Waals surface area contributed by atoms with Gasteiger partial charge < -0.3 is 9.42 Å². The van der Waals surface area contributed by atoms with Crippen LogP contribution in [0.1, 0.15) is 18.6 Å². The molecule has 1 aromatic rings. The number of hydrogen-bond donors (Lipinski definition) is 0. The molecule has 1 amide bonds. The second-order valence-corrected chi connectivity index (χ2v) is 9.05. The van der Waals surface area contributed by atoms with Crippen molar-refractivity contribution >= 4 is 15.7 Å². The zero-order valence-electron chi connectivity index (χ0n) is 14.9. The van der Waals surface area contributed by atoms with Crippen molar-refractivity contribution in [1.29, 1.82) is 0 Å². The maximum Gasteiger partial charge on any atom is 0.236 e. The molecule has 1 aromatic heterocycles. The third-order valence-electron chi connectivity index (χ3n) is 4.90. The van der Waals surface area contributed by atoms with Crippen molar-refractivity contribution in [2.24, 2.45) is 0 Å². The Morgan fingerprint density at radius 1 is 1.24 bits per heavy atom. The minimum absolute atomic E-state index is 0.0118. The molecule has 2 fully saturated rings. The highest BCUT2D eigenvalue weighted by atomic mass is 32.2. The van der Waals surface area contributed by atoms with Crippen molar-refractivity contribution in [3.05, 3.63) is 11.7 Å². The fourth-order valence-electron chi connectivity index (χ4n) is 3.48. The molecule has 25 heavy (non-hydrogen) atoms. The van der Waals surface area contributed by atoms with Gasteiger partial charge in [0.05, 0.1) is 24.6 Å². The Morgan fingerprint density at radius 2 is 1.88 bits per heavy atom. The van der Waals surface area contributed by atoms with Gasteiger partial charge in [0.2, 0.25) is 11.8 Å². The molecule has 9 nitrogen and oxygen atoms in total. The van der Waals surface area contributed by atoms with Crippen LogP contribution >= 0.6 is 0 Å². The molecule has 2 atom stereocenters. The SMILES string of the molecule is CCc1nc(CN2CCN(CC(=O)N(C)C)[C@H]3CS(=O)(=O)C[C@H]32)no1. The number of rotatable bonds is 5. The van der Waals surface area contributed by atoms with Gasteiger partial charge in [-0.1, -0.05) is 12.1 Å². The zero-order chi connectivity index (χ0) is 18.2. The van der Waals surface area contributed by atoms with Crippen LogP contribution < -0.4 is 0 Å². The second-order valence-electron chi connectivity index (χ2n) is 6.90. The molecule has 0 spiro atoms. The van der Waals surface area contributed by atoms with Gasteiger partial charge >= 0.3 is 0 Å². The van der Waals surface area contributed by atoms with Crippen LogP contribution in [-0.2, 0) is 27.6 Å². The summed E-state index contributed by atoms with van der Waals surface area (Å²) < 4.78 is 29.6. The minimum atomic E-state index is -3.11. The number of amides is 1. The van der Waals surface area contributed by atoms with Crippen LogP contribution in [0.2, 0.25) is 0 Å². The average Bonchev–Trinajstić information content (AvgIpc) is 3.12. The molecule has 0 saturated carbocycles. The summed E-state index contributed by atoms with van der Waals surface area (Å²) in [5.41, 5.74) is 0. The smallest absolute Gasteiger partial charge is 0.236 e. The number of nitrogens with zero attached hydrogens (tertiary/aromatic N) is 5. The Kier molecular flexibility index (Phi) is 5.12. The van der Waals surface area contributed by atoms with Crippen molar-refractivity contribution in [3.63, 3.8) is 0 Å². The molecule has 10 heteroatoms. The number of aromatic nitrogens is 2. The molecule has 0 aliphatic carbocycles. The van der Waals surface area contributed by atoms with E-state index >= 15 is 0 Å². The highest BCUT2D eigenvalue weighted by Crippen LogP contribution is 2.27. The molecule has 3 heterocycles. The molecule has 2 aliphatic rings. The number of hydrogen-bond acceptors (Lipinski definition) is 8. The van der Waals surface area contributed by atoms with Crippen LogP contribution in [0, 0.1) is 0 Å². The van der Waals surface area contributed by atoms with Crippen LogP contribution in [0.4, 0.5) is 0 Å². The van der Waals surface area contributed by atoms with E-state index in [1.165, 1.54) is 4.90 Å². The normalized spacial score (nSPS) is 26.5. The van der Waals surface area contributed by atoms with E-state index in [2.05, 4.69) is 15.0 Å². The van der Waals surface area contributed by atoms with E-state index < -0.39 is 9.84 Å². The minimum Gasteiger partial charge on any atom is -0.348 e. The maximum atomic E-state index is 12.2. The second kappa shape index (κ2) is 7.00. The van der Waals surface area contributed by atoms with Crippen LogP contribution in [0.5, 0.6) is 0 Å². The monoisotopic (exact) mass is 371 g/mol. The first kappa shape index (κ1) is 18.3. The van der Waals surface area contributed by atoms with Gasteiger partial charge in [-0.3, -0.25) is 14.6 Å². The van der Waals surface area contributed by atoms with Gasteiger partial charge in [-0.2, -0.15) is 4.98 Å². The van der Waals surface area contributed by atoms with E-state index in [0.717, 1.165) is 0 Å². The lowest BCUT2D eigenvalue weighted by Gasteiger charge is -2.43. The Bertz CT molecular complexity index is 732. The largest absolute Gasteiger partial charge is 0.348 e. The summed E-state index contributed by atoms with van der Waals surface area (Å²) in [7, 11) is 0.308. The highest BCUT2D eigenvalue weighted by molar-refractivity contribution is 7.91. The Balaban J connectivity index is 1.74. The number of piperazine rings is 1. The third-order valence-corrected chi connectivity index (χ3v) is 6.60. The first-order valence-electron chi connectivity index (χ1n) is 8.49. The number of fused-ring (bicyclic) bond motifs is 1. The van der Waals surface area contributed by atoms with Crippen molar-refractivity contribution in [2.75, 3.05) is 45.2 Å². The van der Waals surface area contributed by atoms with Gasteiger partial charge in [0.25, 0.3) is 0 Å². The van der Waals surface area contributed by atoms with E-state index in [9.17, 15) is 13.2 Å². The summed E-state index contributed by atoms with van der Waals surface area (Å²) in [4.78, 5) is 22.0. The zero-order valence-corrected chi connectivity index (χ0v) is 15.7. The fourth-order valence-corrected chi connectivity index (χ4v) is 5.53. The number of aryl methyl sites for hydroxylation is 1. The lowest BCUT2D eigenvalue weighted by Crippen LogP contribution is -2.60. The van der Waals surface area contributed by atoms with Gasteiger partial charge in [0.1, 0.15) is 0 Å². The fraction of sp³-hybridized carbons (Fsp3) is 0.800. The van der Waals surface area contributed by atoms with Gasteiger partial charge in [-0.25, -0.2) is 8.42 Å². The first-order valence-corrected chi connectivity index (χ1v) is 10.3. The lowest BCUT2D eigenvalue weighted by atomic mass is 10.0. The van der Waals surface area contributed by atoms with Crippen molar-refractivity contribution in [2.45, 2.75) is 32.0 Å². The topological polar surface area (TPSA) is 99.9 Å². The van der Waals surface area contributed by atoms with Gasteiger partial charge in [0.15, 0.2) is 15.7 Å². The Labute approximate surface area is 147 Å². The van der Waals surface area contributed by atoms with Gasteiger partial charge in [0, 0.05) is 45.7 Å². The molecule has 0 bridgehead atoms. The first-order chi connectivity index (χ1) is 11.8. The van der Waals surface area contributed by atoms with Crippen molar-refractivity contribution in [3.8, 4) is 0 Å². The maximum absolute atomic E-state index is 12.2. The summed E-state index contributed by atoms with van der Waals surface area (Å²) >= 11 is 0. The predicted octanol–water partition coefficient (Wildman–Crippen LogP) is -0.997. The number of carbonyl (C=O) groups excluding carboxylic acids is 1. The van der Waals surface area contributed by atoms with Crippen molar-refractivity contribution < 1.29 is 17.7 Å². The molecular formula is C15H25N5O4S. The van der Waals surface area contributed by atoms with Crippen LogP contribution in [0.3, 0.4) is 0 Å². The third kappa shape index (κ3) is 4.01. The van der Waals surface area contributed by atoms with E-state index in [1.807, 2.05) is 11.8 Å². The summed E-state index contributed by atoms with van der Waals surface area (Å²) in [6.07, 6.45) is 0.674. The van der Waals surface area contributed by atoms with Crippen molar-refractivity contribution in [1.82, 2.24) is 24.8 Å². The molecule has 140 valence electrons. The van der Waals surface area contributed by atoms with E-state index in [0.29, 0.717) is 37.8 Å². The summed E-state index contributed by atoms with van der Waals surface area (Å²) in [5, 5.41) is 3.97. The average molecular weight is 371 g/mol. The van der Waals surface area contributed by atoms with E-state index in [1.54, 1.807) is 14.1 Å². The molecule has 2 saturated heterocycles. The Hall–Kier alpha value is -1.52. The lowest BCUT2D eigenvalue weighted by molar-refractivity contribution is -0.131. The molecular weight excluding hydrogens is 346 g/mol. The standard InChI is InChI=1S/C15H25N5O4S/c1-4-14-16-13(17-24-14)7-19-5-6-20(8-15(21)18(2)3)12-10-25(22,23)9-11(12)19/h11-12H,4-10H2,1-3H3/t11-,12+/m1/s1. The molecule has 2 aliphatic heterocycles. The predicted molar refractivity (Wildman–Crippen MR) is 90.6 cm³/mol. The molecule has 0 N–H and O–H groups in total. The quantitative estimate of drug-likeness (QED) is 0.650. The number of carbonyl (C=O) groups is 1. The molecule has 0 radical (unpaired) electrons. The van der Waals surface area contributed by atoms with E-state index in [4.69, 9.17) is 4.52 Å². The summed E-state index contributed by atoms with van der Waals surface area (Å²) in [5.74, 6) is 1.37. The molecule has 0 aromatic carbocycles. The summed E-state index contributed by atoms with van der Waals surface area (Å²) in [6, 6.07) is -0.308. The van der Waals surface area contributed by atoms with Gasteiger partial charge in [-0.05, 0) is 0 Å². The number of sulfone groups is 1. The molecule has 0 unspecified atom stereocenters. The van der Waals surface area contributed by atoms with Gasteiger partial charge in [-0.15, -0.1) is 0 Å². The van der Waals surface area contributed by atoms with Crippen LogP contribution in [0.25, 0.3) is 0 Å². The molecule has 3 rings (SSSR count). The number of likely N-dealkylation sites (N-methyl/N-ethyl adjacent to an activating group) is 1.